The molecule has 0 bridgehead atoms. The Morgan fingerprint density at radius 3 is 2.23 bits per heavy atom. The number of carbonyl (C=O) groups is 1. The predicted molar refractivity (Wildman–Crippen MR) is 118 cm³/mol. The molecule has 30 heavy (non-hydrogen) atoms. The molecule has 1 aromatic carbocycles. The molecule has 1 aliphatic rings. The van der Waals surface area contributed by atoms with Gasteiger partial charge in [0, 0.05) is 30.8 Å². The number of amides is 1. The van der Waals surface area contributed by atoms with Crippen molar-refractivity contribution in [2.24, 2.45) is 10.7 Å². The smallest absolute Gasteiger partial charge is 0.266 e. The molecule has 6 nitrogen and oxygen atoms in total. The van der Waals surface area contributed by atoms with E-state index in [-0.39, 0.29) is 11.9 Å². The van der Waals surface area contributed by atoms with Crippen LogP contribution in [-0.4, -0.2) is 33.8 Å². The molecule has 4 rings (SSSR count). The first-order chi connectivity index (χ1) is 14.5. The van der Waals surface area contributed by atoms with E-state index in [1.54, 1.807) is 13.2 Å². The van der Waals surface area contributed by atoms with Gasteiger partial charge in [-0.1, -0.05) is 38.1 Å². The number of carbonyl (C=O) groups excluding carboxylic acids is 1. The maximum Gasteiger partial charge on any atom is 0.266 e. The molecular weight excluding hydrogens is 374 g/mol. The Balaban J connectivity index is 1.97. The molecule has 0 radical (unpaired) electrons. The van der Waals surface area contributed by atoms with Gasteiger partial charge in [0.05, 0.1) is 0 Å². The van der Waals surface area contributed by atoms with E-state index in [1.165, 1.54) is 4.90 Å². The Hall–Kier alpha value is -3.54. The van der Waals surface area contributed by atoms with Crippen LogP contribution in [0.4, 0.5) is 0 Å². The second kappa shape index (κ2) is 7.71. The van der Waals surface area contributed by atoms with Crippen molar-refractivity contribution in [3.8, 4) is 11.1 Å². The number of nitrogens with zero attached hydrogens (tertiary/aromatic N) is 4. The van der Waals surface area contributed by atoms with E-state index >= 15 is 0 Å². The maximum atomic E-state index is 13.6. The number of benzene rings is 1. The Kier molecular flexibility index (Phi) is 5.08. The largest absolute Gasteiger partial charge is 0.369 e. The van der Waals surface area contributed by atoms with Crippen molar-refractivity contribution in [1.29, 1.82) is 0 Å². The number of aryl methyl sites for hydroxylation is 2. The van der Waals surface area contributed by atoms with Crippen LogP contribution in [0.3, 0.4) is 0 Å². The topological polar surface area (TPSA) is 84.5 Å². The number of likely N-dealkylation sites (N-methyl/N-ethyl adjacent to an activating group) is 1. The van der Waals surface area contributed by atoms with Gasteiger partial charge in [-0.25, -0.2) is 4.99 Å². The SMILES string of the molecule is CCc1cc(C2(c3cccc(-c4cccnc4)c3)N=C(N)N(C)C2=O)cc(CC)n1. The Labute approximate surface area is 176 Å². The molecule has 0 spiro atoms. The zero-order valence-electron chi connectivity index (χ0n) is 17.5. The highest BCUT2D eigenvalue weighted by atomic mass is 16.2. The highest BCUT2D eigenvalue weighted by Gasteiger charge is 2.49. The summed E-state index contributed by atoms with van der Waals surface area (Å²) in [5, 5.41) is 0. The molecule has 3 aromatic rings. The average Bonchev–Trinajstić information content (AvgIpc) is 3.04. The van der Waals surface area contributed by atoms with Crippen LogP contribution in [-0.2, 0) is 23.2 Å². The van der Waals surface area contributed by atoms with Crippen molar-refractivity contribution >= 4 is 11.9 Å². The van der Waals surface area contributed by atoms with E-state index in [1.807, 2.05) is 54.7 Å². The van der Waals surface area contributed by atoms with Crippen LogP contribution in [0.1, 0.15) is 36.4 Å². The highest BCUT2D eigenvalue weighted by molar-refractivity contribution is 6.09. The summed E-state index contributed by atoms with van der Waals surface area (Å²) in [7, 11) is 1.66. The summed E-state index contributed by atoms with van der Waals surface area (Å²) in [4.78, 5) is 28.6. The molecule has 0 saturated heterocycles. The molecule has 1 aliphatic heterocycles. The lowest BCUT2D eigenvalue weighted by molar-refractivity contribution is -0.129. The summed E-state index contributed by atoms with van der Waals surface area (Å²) in [5.41, 5.74) is 10.3. The molecule has 2 N–H and O–H groups in total. The fourth-order valence-electron chi connectivity index (χ4n) is 3.86. The monoisotopic (exact) mass is 399 g/mol. The van der Waals surface area contributed by atoms with E-state index in [0.717, 1.165) is 46.5 Å². The minimum Gasteiger partial charge on any atom is -0.369 e. The van der Waals surface area contributed by atoms with Crippen molar-refractivity contribution < 1.29 is 4.79 Å². The minimum absolute atomic E-state index is 0.168. The zero-order valence-corrected chi connectivity index (χ0v) is 17.5. The molecule has 152 valence electrons. The normalized spacial score (nSPS) is 18.6. The molecule has 2 aromatic heterocycles. The van der Waals surface area contributed by atoms with Gasteiger partial charge in [-0.3, -0.25) is 19.7 Å². The van der Waals surface area contributed by atoms with Gasteiger partial charge >= 0.3 is 0 Å². The van der Waals surface area contributed by atoms with Crippen LogP contribution in [0.25, 0.3) is 11.1 Å². The van der Waals surface area contributed by atoms with E-state index in [4.69, 9.17) is 10.7 Å². The van der Waals surface area contributed by atoms with Crippen LogP contribution in [0, 0.1) is 0 Å². The number of hydrogen-bond donors (Lipinski definition) is 1. The second-order valence-corrected chi connectivity index (χ2v) is 7.41. The minimum atomic E-state index is -1.23. The number of guanidine groups is 1. The molecule has 0 aliphatic carbocycles. The number of hydrogen-bond acceptors (Lipinski definition) is 5. The molecule has 0 saturated carbocycles. The third-order valence-corrected chi connectivity index (χ3v) is 5.59. The van der Waals surface area contributed by atoms with Gasteiger partial charge in [-0.15, -0.1) is 0 Å². The summed E-state index contributed by atoms with van der Waals surface area (Å²) in [6.45, 7) is 4.11. The van der Waals surface area contributed by atoms with Gasteiger partial charge in [0.1, 0.15) is 0 Å². The quantitative estimate of drug-likeness (QED) is 0.713. The zero-order chi connectivity index (χ0) is 21.3. The van der Waals surface area contributed by atoms with Gasteiger partial charge in [0.25, 0.3) is 5.91 Å². The molecular formula is C24H25N5O. The number of pyridine rings is 2. The lowest BCUT2D eigenvalue weighted by Crippen LogP contribution is -2.41. The maximum absolute atomic E-state index is 13.6. The first kappa shape index (κ1) is 19.8. The Bertz CT molecular complexity index is 1100. The third-order valence-electron chi connectivity index (χ3n) is 5.59. The van der Waals surface area contributed by atoms with Crippen molar-refractivity contribution in [2.75, 3.05) is 7.05 Å². The third kappa shape index (κ3) is 3.14. The first-order valence-corrected chi connectivity index (χ1v) is 10.1. The van der Waals surface area contributed by atoms with Crippen molar-refractivity contribution in [3.05, 3.63) is 83.4 Å². The van der Waals surface area contributed by atoms with E-state index in [0.29, 0.717) is 0 Å². The molecule has 3 heterocycles. The Morgan fingerprint density at radius 1 is 0.967 bits per heavy atom. The van der Waals surface area contributed by atoms with Crippen molar-refractivity contribution in [1.82, 2.24) is 14.9 Å². The van der Waals surface area contributed by atoms with Gasteiger partial charge < -0.3 is 5.73 Å². The van der Waals surface area contributed by atoms with Crippen LogP contribution < -0.4 is 5.73 Å². The summed E-state index contributed by atoms with van der Waals surface area (Å²) in [6, 6.07) is 15.7. The van der Waals surface area contributed by atoms with Crippen LogP contribution in [0.5, 0.6) is 0 Å². The van der Waals surface area contributed by atoms with E-state index in [2.05, 4.69) is 23.8 Å². The predicted octanol–water partition coefficient (Wildman–Crippen LogP) is 3.30. The summed E-state index contributed by atoms with van der Waals surface area (Å²) in [5.74, 6) is 0.0401. The molecule has 0 fully saturated rings. The summed E-state index contributed by atoms with van der Waals surface area (Å²) < 4.78 is 0. The first-order valence-electron chi connectivity index (χ1n) is 10.1. The second-order valence-electron chi connectivity index (χ2n) is 7.41. The molecule has 1 amide bonds. The fourth-order valence-corrected chi connectivity index (χ4v) is 3.86. The lowest BCUT2D eigenvalue weighted by atomic mass is 9.81. The standard InChI is InChI=1S/C24H25N5O/c1-4-20-13-19(14-21(5-2)27-20)24(22(30)29(3)23(25)28-24)18-10-6-8-16(12-18)17-9-7-11-26-15-17/h6-15H,4-5H2,1-3H3,(H2,25,28). The van der Waals surface area contributed by atoms with Crippen LogP contribution in [0.2, 0.25) is 0 Å². The number of aromatic nitrogens is 2. The number of rotatable bonds is 5. The van der Waals surface area contributed by atoms with Gasteiger partial charge in [0.15, 0.2) is 11.5 Å². The van der Waals surface area contributed by atoms with Crippen LogP contribution in [0.15, 0.2) is 65.9 Å². The van der Waals surface area contributed by atoms with Crippen molar-refractivity contribution in [3.63, 3.8) is 0 Å². The van der Waals surface area contributed by atoms with Gasteiger partial charge in [0.2, 0.25) is 0 Å². The molecule has 1 unspecified atom stereocenters. The van der Waals surface area contributed by atoms with E-state index < -0.39 is 5.54 Å². The van der Waals surface area contributed by atoms with Gasteiger partial charge in [-0.05, 0) is 59.4 Å². The average molecular weight is 399 g/mol. The molecule has 6 heteroatoms. The number of nitrogens with two attached hydrogens (primary N) is 1. The fraction of sp³-hybridized carbons (Fsp3) is 0.250. The van der Waals surface area contributed by atoms with Crippen LogP contribution >= 0.6 is 0 Å². The summed E-state index contributed by atoms with van der Waals surface area (Å²) >= 11 is 0. The van der Waals surface area contributed by atoms with Gasteiger partial charge in [-0.2, -0.15) is 0 Å². The van der Waals surface area contributed by atoms with Crippen molar-refractivity contribution in [2.45, 2.75) is 32.2 Å². The highest BCUT2D eigenvalue weighted by Crippen LogP contribution is 2.41. The Morgan fingerprint density at radius 2 is 1.67 bits per heavy atom. The lowest BCUT2D eigenvalue weighted by Gasteiger charge is -2.27. The summed E-state index contributed by atoms with van der Waals surface area (Å²) in [6.07, 6.45) is 5.10. The van der Waals surface area contributed by atoms with E-state index in [9.17, 15) is 4.79 Å². The molecule has 1 atom stereocenters. The number of aliphatic imine (C=N–C) groups is 1.